The lowest BCUT2D eigenvalue weighted by atomic mass is 10.2. The van der Waals surface area contributed by atoms with Gasteiger partial charge in [0.2, 0.25) is 0 Å². The smallest absolute Gasteiger partial charge is 0.271 e. The summed E-state index contributed by atoms with van der Waals surface area (Å²) in [5.74, 6) is -0.0184. The summed E-state index contributed by atoms with van der Waals surface area (Å²) in [6.45, 7) is 0.0289. The van der Waals surface area contributed by atoms with E-state index in [1.54, 1.807) is 10.7 Å². The predicted molar refractivity (Wildman–Crippen MR) is 88.6 cm³/mol. The van der Waals surface area contributed by atoms with Gasteiger partial charge in [-0.05, 0) is 25.3 Å². The average Bonchev–Trinajstić information content (AvgIpc) is 3.10. The quantitative estimate of drug-likeness (QED) is 0.742. The van der Waals surface area contributed by atoms with Gasteiger partial charge in [0.15, 0.2) is 9.84 Å². The minimum Gasteiger partial charge on any atom is -0.350 e. The van der Waals surface area contributed by atoms with Crippen molar-refractivity contribution in [2.24, 2.45) is 0 Å². The third-order valence-corrected chi connectivity index (χ3v) is 7.00. The number of nitrogens with one attached hydrogen (secondary N) is 1. The summed E-state index contributed by atoms with van der Waals surface area (Å²) >= 11 is 0. The van der Waals surface area contributed by atoms with Gasteiger partial charge in [-0.2, -0.15) is 5.10 Å². The van der Waals surface area contributed by atoms with Crippen molar-refractivity contribution in [2.45, 2.75) is 31.2 Å². The normalized spacial score (nSPS) is 23.3. The highest BCUT2D eigenvalue weighted by atomic mass is 32.2. The zero-order chi connectivity index (χ0) is 17.5. The molecule has 1 aromatic heterocycles. The SMILES string of the molecule is CS(=O)(=O)CCNC(=O)c1cc(C2CC2)n(C2CCS(=O)(=O)C2)n1. The molecule has 1 unspecified atom stereocenters. The highest BCUT2D eigenvalue weighted by Crippen LogP contribution is 2.42. The van der Waals surface area contributed by atoms with Crippen LogP contribution >= 0.6 is 0 Å². The van der Waals surface area contributed by atoms with Crippen LogP contribution in [0.15, 0.2) is 6.07 Å². The second kappa shape index (κ2) is 6.14. The second-order valence-electron chi connectivity index (χ2n) is 6.62. The monoisotopic (exact) mass is 375 g/mol. The molecule has 1 aliphatic carbocycles. The van der Waals surface area contributed by atoms with E-state index in [1.165, 1.54) is 0 Å². The first kappa shape index (κ1) is 17.4. The Morgan fingerprint density at radius 2 is 2.08 bits per heavy atom. The van der Waals surface area contributed by atoms with Gasteiger partial charge >= 0.3 is 0 Å². The maximum atomic E-state index is 12.2. The van der Waals surface area contributed by atoms with Crippen LogP contribution in [0, 0.1) is 0 Å². The van der Waals surface area contributed by atoms with Crippen LogP contribution in [0.5, 0.6) is 0 Å². The van der Waals surface area contributed by atoms with Crippen LogP contribution in [0.3, 0.4) is 0 Å². The Bertz CT molecular complexity index is 853. The van der Waals surface area contributed by atoms with Crippen molar-refractivity contribution in [3.05, 3.63) is 17.5 Å². The Balaban J connectivity index is 1.75. The van der Waals surface area contributed by atoms with Crippen molar-refractivity contribution in [1.82, 2.24) is 15.1 Å². The molecule has 2 aliphatic rings. The first-order chi connectivity index (χ1) is 11.1. The van der Waals surface area contributed by atoms with E-state index in [-0.39, 0.29) is 35.5 Å². The van der Waals surface area contributed by atoms with Crippen LogP contribution in [0.1, 0.15) is 47.4 Å². The van der Waals surface area contributed by atoms with E-state index < -0.39 is 25.6 Å². The first-order valence-electron chi connectivity index (χ1n) is 7.90. The van der Waals surface area contributed by atoms with Crippen molar-refractivity contribution in [1.29, 1.82) is 0 Å². The molecule has 0 bridgehead atoms. The van der Waals surface area contributed by atoms with Crippen LogP contribution in [0.4, 0.5) is 0 Å². The first-order valence-corrected chi connectivity index (χ1v) is 11.8. The fourth-order valence-corrected chi connectivity index (χ4v) is 5.07. The van der Waals surface area contributed by atoms with Crippen LogP contribution in [-0.2, 0) is 19.7 Å². The Morgan fingerprint density at radius 3 is 2.62 bits per heavy atom. The number of carbonyl (C=O) groups excluding carboxylic acids is 1. The van der Waals surface area contributed by atoms with Gasteiger partial charge in [-0.15, -0.1) is 0 Å². The van der Waals surface area contributed by atoms with Gasteiger partial charge in [-0.1, -0.05) is 0 Å². The molecule has 1 aliphatic heterocycles. The molecule has 1 atom stereocenters. The predicted octanol–water partition coefficient (Wildman–Crippen LogP) is -0.105. The van der Waals surface area contributed by atoms with Gasteiger partial charge in [0.1, 0.15) is 15.5 Å². The molecule has 0 aromatic carbocycles. The molecule has 1 saturated heterocycles. The van der Waals surface area contributed by atoms with Crippen molar-refractivity contribution < 1.29 is 21.6 Å². The van der Waals surface area contributed by atoms with Gasteiger partial charge in [0.25, 0.3) is 5.91 Å². The largest absolute Gasteiger partial charge is 0.350 e. The van der Waals surface area contributed by atoms with E-state index in [4.69, 9.17) is 0 Å². The number of aromatic nitrogens is 2. The Morgan fingerprint density at radius 1 is 1.38 bits per heavy atom. The topological polar surface area (TPSA) is 115 Å². The molecule has 8 nitrogen and oxygen atoms in total. The molecular formula is C14H21N3O5S2. The van der Waals surface area contributed by atoms with Gasteiger partial charge in [-0.25, -0.2) is 16.8 Å². The molecule has 10 heteroatoms. The zero-order valence-electron chi connectivity index (χ0n) is 13.4. The van der Waals surface area contributed by atoms with Crippen molar-refractivity contribution in [3.63, 3.8) is 0 Å². The van der Waals surface area contributed by atoms with E-state index in [0.717, 1.165) is 24.8 Å². The summed E-state index contributed by atoms with van der Waals surface area (Å²) in [6, 6.07) is 1.49. The lowest BCUT2D eigenvalue weighted by Gasteiger charge is -2.12. The fourth-order valence-electron chi connectivity index (χ4n) is 2.91. The molecule has 3 rings (SSSR count). The molecule has 1 amide bonds. The lowest BCUT2D eigenvalue weighted by molar-refractivity contribution is 0.0950. The van der Waals surface area contributed by atoms with Crippen LogP contribution in [-0.4, -0.2) is 62.6 Å². The van der Waals surface area contributed by atoms with E-state index in [2.05, 4.69) is 10.4 Å². The molecule has 1 saturated carbocycles. The number of sulfone groups is 2. The Labute approximate surface area is 141 Å². The van der Waals surface area contributed by atoms with Gasteiger partial charge in [-0.3, -0.25) is 9.48 Å². The van der Waals surface area contributed by atoms with Crippen LogP contribution in [0.2, 0.25) is 0 Å². The lowest BCUT2D eigenvalue weighted by Crippen LogP contribution is -2.29. The highest BCUT2D eigenvalue weighted by molar-refractivity contribution is 7.91. The van der Waals surface area contributed by atoms with Gasteiger partial charge in [0.05, 0.1) is 23.3 Å². The standard InChI is InChI=1S/C14H21N3O5S2/c1-23(19,20)7-5-15-14(18)12-8-13(10-2-3-10)17(16-12)11-4-6-24(21,22)9-11/h8,10-11H,2-7,9H2,1H3,(H,15,18). The number of nitrogens with zero attached hydrogens (tertiary/aromatic N) is 2. The third-order valence-electron chi connectivity index (χ3n) is 4.31. The summed E-state index contributed by atoms with van der Waals surface area (Å²) in [7, 11) is -6.18. The maximum absolute atomic E-state index is 12.2. The average molecular weight is 375 g/mol. The van der Waals surface area contributed by atoms with Gasteiger partial charge < -0.3 is 5.32 Å². The molecule has 0 radical (unpaired) electrons. The Hall–Kier alpha value is -1.42. The minimum absolute atomic E-state index is 0.0289. The summed E-state index contributed by atoms with van der Waals surface area (Å²) in [4.78, 5) is 12.2. The van der Waals surface area contributed by atoms with Crippen molar-refractivity contribution in [2.75, 3.05) is 30.1 Å². The van der Waals surface area contributed by atoms with Crippen LogP contribution in [0.25, 0.3) is 0 Å². The second-order valence-corrected chi connectivity index (χ2v) is 11.1. The summed E-state index contributed by atoms with van der Waals surface area (Å²) in [5, 5.41) is 6.87. The van der Waals surface area contributed by atoms with Gasteiger partial charge in [0, 0.05) is 24.4 Å². The molecule has 134 valence electrons. The van der Waals surface area contributed by atoms with E-state index in [0.29, 0.717) is 12.3 Å². The summed E-state index contributed by atoms with van der Waals surface area (Å²) in [6.07, 6.45) is 3.65. The third kappa shape index (κ3) is 4.15. The zero-order valence-corrected chi connectivity index (χ0v) is 15.1. The molecule has 2 fully saturated rings. The fraction of sp³-hybridized carbons (Fsp3) is 0.714. The highest BCUT2D eigenvalue weighted by Gasteiger charge is 2.36. The summed E-state index contributed by atoms with van der Waals surface area (Å²) in [5.41, 5.74) is 1.13. The van der Waals surface area contributed by atoms with Crippen molar-refractivity contribution >= 4 is 25.6 Å². The number of hydrogen-bond donors (Lipinski definition) is 1. The minimum atomic E-state index is -3.14. The van der Waals surface area contributed by atoms with E-state index >= 15 is 0 Å². The number of carbonyl (C=O) groups is 1. The van der Waals surface area contributed by atoms with Crippen molar-refractivity contribution in [3.8, 4) is 0 Å². The number of amides is 1. The molecule has 2 heterocycles. The molecule has 24 heavy (non-hydrogen) atoms. The summed E-state index contributed by atoms with van der Waals surface area (Å²) < 4.78 is 47.3. The number of rotatable bonds is 6. The van der Waals surface area contributed by atoms with Crippen LogP contribution < -0.4 is 5.32 Å². The number of hydrogen-bond acceptors (Lipinski definition) is 6. The molecule has 1 aromatic rings. The molecule has 1 N–H and O–H groups in total. The van der Waals surface area contributed by atoms with E-state index in [1.807, 2.05) is 0 Å². The maximum Gasteiger partial charge on any atom is 0.271 e. The molecule has 0 spiro atoms. The van der Waals surface area contributed by atoms with E-state index in [9.17, 15) is 21.6 Å². The Kier molecular flexibility index (Phi) is 4.45. The molecular weight excluding hydrogens is 354 g/mol.